The molecule has 0 bridgehead atoms. The lowest BCUT2D eigenvalue weighted by molar-refractivity contribution is -0.139. The fraction of sp³-hybridized carbons (Fsp3) is 0.611. The molecular formula is C18H26N4O. The lowest BCUT2D eigenvalue weighted by Crippen LogP contribution is -2.41. The lowest BCUT2D eigenvalue weighted by atomic mass is 9.94. The van der Waals surface area contributed by atoms with E-state index in [1.54, 1.807) is 0 Å². The number of pyridine rings is 1. The molecule has 2 rings (SSSR count). The van der Waals surface area contributed by atoms with Gasteiger partial charge >= 0.3 is 0 Å². The van der Waals surface area contributed by atoms with Gasteiger partial charge < -0.3 is 9.80 Å². The molecule has 0 unspecified atom stereocenters. The molecule has 1 aromatic rings. The van der Waals surface area contributed by atoms with E-state index in [1.807, 2.05) is 45.6 Å². The van der Waals surface area contributed by atoms with Gasteiger partial charge in [0.25, 0.3) is 0 Å². The van der Waals surface area contributed by atoms with Crippen molar-refractivity contribution in [3.05, 3.63) is 22.9 Å². The third kappa shape index (κ3) is 3.82. The first kappa shape index (κ1) is 17.3. The molecule has 5 nitrogen and oxygen atoms in total. The summed E-state index contributed by atoms with van der Waals surface area (Å²) in [5.41, 5.74) is 2.17. The SMILES string of the molecule is Cc1cc(C)c(C#N)c(N2CCCN(C(=O)C(C)(C)C)CC2)n1. The Hall–Kier alpha value is -2.09. The van der Waals surface area contributed by atoms with Crippen LogP contribution in [-0.2, 0) is 4.79 Å². The number of hydrogen-bond donors (Lipinski definition) is 0. The first-order valence-corrected chi connectivity index (χ1v) is 8.16. The molecule has 0 aliphatic carbocycles. The van der Waals surface area contributed by atoms with Gasteiger partial charge in [0, 0.05) is 37.3 Å². The maximum absolute atomic E-state index is 12.5. The fourth-order valence-electron chi connectivity index (χ4n) is 2.99. The van der Waals surface area contributed by atoms with Crippen molar-refractivity contribution in [3.63, 3.8) is 0 Å². The molecule has 23 heavy (non-hydrogen) atoms. The number of carbonyl (C=O) groups excluding carboxylic acids is 1. The number of hydrogen-bond acceptors (Lipinski definition) is 4. The largest absolute Gasteiger partial charge is 0.354 e. The zero-order chi connectivity index (χ0) is 17.2. The third-order valence-corrected chi connectivity index (χ3v) is 4.16. The Morgan fingerprint density at radius 3 is 2.52 bits per heavy atom. The highest BCUT2D eigenvalue weighted by atomic mass is 16.2. The Morgan fingerprint density at radius 2 is 1.91 bits per heavy atom. The van der Waals surface area contributed by atoms with Crippen molar-refractivity contribution in [1.82, 2.24) is 9.88 Å². The Morgan fingerprint density at radius 1 is 1.22 bits per heavy atom. The molecule has 1 saturated heterocycles. The molecule has 1 aliphatic rings. The second-order valence-corrected chi connectivity index (χ2v) is 7.27. The van der Waals surface area contributed by atoms with Crippen LogP contribution in [0, 0.1) is 30.6 Å². The highest BCUT2D eigenvalue weighted by Crippen LogP contribution is 2.24. The number of aromatic nitrogens is 1. The molecule has 0 radical (unpaired) electrons. The molecule has 2 heterocycles. The smallest absolute Gasteiger partial charge is 0.228 e. The van der Waals surface area contributed by atoms with Gasteiger partial charge in [0.2, 0.25) is 5.91 Å². The van der Waals surface area contributed by atoms with Crippen LogP contribution in [0.25, 0.3) is 0 Å². The van der Waals surface area contributed by atoms with E-state index in [0.717, 1.165) is 36.6 Å². The van der Waals surface area contributed by atoms with Crippen LogP contribution in [0.15, 0.2) is 6.07 Å². The van der Waals surface area contributed by atoms with Crippen LogP contribution in [0.2, 0.25) is 0 Å². The van der Waals surface area contributed by atoms with E-state index in [0.29, 0.717) is 18.7 Å². The van der Waals surface area contributed by atoms with Gasteiger partial charge in [0.15, 0.2) is 0 Å². The average molecular weight is 314 g/mol. The Kier molecular flexibility index (Phi) is 4.93. The Labute approximate surface area is 138 Å². The predicted octanol–water partition coefficient (Wildman–Crippen LogP) is 2.65. The van der Waals surface area contributed by atoms with Crippen LogP contribution in [-0.4, -0.2) is 42.0 Å². The second-order valence-electron chi connectivity index (χ2n) is 7.27. The first-order valence-electron chi connectivity index (χ1n) is 8.16. The van der Waals surface area contributed by atoms with Crippen LogP contribution in [0.1, 0.15) is 44.0 Å². The van der Waals surface area contributed by atoms with Gasteiger partial charge in [0.1, 0.15) is 11.9 Å². The van der Waals surface area contributed by atoms with Crippen LogP contribution in [0.3, 0.4) is 0 Å². The van der Waals surface area contributed by atoms with E-state index in [-0.39, 0.29) is 11.3 Å². The van der Waals surface area contributed by atoms with E-state index in [9.17, 15) is 10.1 Å². The molecule has 0 aromatic carbocycles. The molecule has 0 spiro atoms. The van der Waals surface area contributed by atoms with Crippen molar-refractivity contribution in [3.8, 4) is 6.07 Å². The minimum absolute atomic E-state index is 0.188. The molecule has 0 atom stereocenters. The second kappa shape index (κ2) is 6.57. The third-order valence-electron chi connectivity index (χ3n) is 4.16. The van der Waals surface area contributed by atoms with E-state index in [1.165, 1.54) is 0 Å². The number of aryl methyl sites for hydroxylation is 2. The summed E-state index contributed by atoms with van der Waals surface area (Å²) in [6.07, 6.45) is 0.890. The molecule has 124 valence electrons. The quantitative estimate of drug-likeness (QED) is 0.799. The van der Waals surface area contributed by atoms with Crippen molar-refractivity contribution >= 4 is 11.7 Å². The molecular weight excluding hydrogens is 288 g/mol. The number of nitrogens with zero attached hydrogens (tertiary/aromatic N) is 4. The number of carbonyl (C=O) groups is 1. The molecule has 1 amide bonds. The Balaban J connectivity index is 2.22. The zero-order valence-corrected chi connectivity index (χ0v) is 14.8. The number of amides is 1. The standard InChI is InChI=1S/C18H26N4O/c1-13-11-14(2)20-16(15(13)12-19)21-7-6-8-22(10-9-21)17(23)18(3,4)5/h11H,6-10H2,1-5H3. The normalized spacial score (nSPS) is 16.0. The molecule has 5 heteroatoms. The van der Waals surface area contributed by atoms with E-state index < -0.39 is 0 Å². The van der Waals surface area contributed by atoms with Crippen molar-refractivity contribution < 1.29 is 4.79 Å². The minimum atomic E-state index is -0.356. The van der Waals surface area contributed by atoms with Gasteiger partial charge in [-0.15, -0.1) is 0 Å². The lowest BCUT2D eigenvalue weighted by Gasteiger charge is -2.28. The van der Waals surface area contributed by atoms with Crippen LogP contribution in [0.5, 0.6) is 0 Å². The van der Waals surface area contributed by atoms with E-state index >= 15 is 0 Å². The molecule has 0 saturated carbocycles. The monoisotopic (exact) mass is 314 g/mol. The van der Waals surface area contributed by atoms with Crippen molar-refractivity contribution in [2.75, 3.05) is 31.1 Å². The summed E-state index contributed by atoms with van der Waals surface area (Å²) in [7, 11) is 0. The maximum Gasteiger partial charge on any atom is 0.228 e. The topological polar surface area (TPSA) is 60.2 Å². The predicted molar refractivity (Wildman–Crippen MR) is 91.3 cm³/mol. The Bertz CT molecular complexity index is 640. The highest BCUT2D eigenvalue weighted by molar-refractivity contribution is 5.81. The summed E-state index contributed by atoms with van der Waals surface area (Å²) in [5, 5.41) is 9.46. The summed E-state index contributed by atoms with van der Waals surface area (Å²) in [5.74, 6) is 0.947. The van der Waals surface area contributed by atoms with Crippen LogP contribution in [0.4, 0.5) is 5.82 Å². The number of anilines is 1. The van der Waals surface area contributed by atoms with Gasteiger partial charge in [-0.25, -0.2) is 4.98 Å². The average Bonchev–Trinajstić information content (AvgIpc) is 2.70. The summed E-state index contributed by atoms with van der Waals surface area (Å²) in [4.78, 5) is 21.2. The van der Waals surface area contributed by atoms with Crippen molar-refractivity contribution in [1.29, 1.82) is 5.26 Å². The van der Waals surface area contributed by atoms with Gasteiger partial charge in [-0.2, -0.15) is 5.26 Å². The highest BCUT2D eigenvalue weighted by Gasteiger charge is 2.29. The summed E-state index contributed by atoms with van der Waals surface area (Å²) >= 11 is 0. The maximum atomic E-state index is 12.5. The summed E-state index contributed by atoms with van der Waals surface area (Å²) in [6.45, 7) is 12.7. The van der Waals surface area contributed by atoms with E-state index in [4.69, 9.17) is 0 Å². The molecule has 1 aliphatic heterocycles. The van der Waals surface area contributed by atoms with Gasteiger partial charge in [0.05, 0.1) is 5.56 Å². The summed E-state index contributed by atoms with van der Waals surface area (Å²) < 4.78 is 0. The zero-order valence-electron chi connectivity index (χ0n) is 14.8. The number of nitriles is 1. The molecule has 0 N–H and O–H groups in total. The van der Waals surface area contributed by atoms with Crippen molar-refractivity contribution in [2.45, 2.75) is 41.0 Å². The molecule has 1 fully saturated rings. The summed E-state index contributed by atoms with van der Waals surface area (Å²) in [6, 6.07) is 4.22. The van der Waals surface area contributed by atoms with E-state index in [2.05, 4.69) is 16.0 Å². The van der Waals surface area contributed by atoms with Crippen LogP contribution < -0.4 is 4.90 Å². The number of rotatable bonds is 1. The fourth-order valence-corrected chi connectivity index (χ4v) is 2.99. The van der Waals surface area contributed by atoms with Gasteiger partial charge in [-0.05, 0) is 31.9 Å². The first-order chi connectivity index (χ1) is 10.7. The minimum Gasteiger partial charge on any atom is -0.354 e. The van der Waals surface area contributed by atoms with Gasteiger partial charge in [-0.3, -0.25) is 4.79 Å². The van der Waals surface area contributed by atoms with Crippen molar-refractivity contribution in [2.24, 2.45) is 5.41 Å². The van der Waals surface area contributed by atoms with Crippen LogP contribution >= 0.6 is 0 Å². The van der Waals surface area contributed by atoms with Gasteiger partial charge in [-0.1, -0.05) is 20.8 Å². The molecule has 1 aromatic heterocycles.